The Kier molecular flexibility index (Phi) is 6.16. The molecule has 0 aliphatic carbocycles. The van der Waals surface area contributed by atoms with E-state index in [-0.39, 0.29) is 0 Å². The van der Waals surface area contributed by atoms with Gasteiger partial charge in [-0.15, -0.1) is 0 Å². The lowest BCUT2D eigenvalue weighted by atomic mass is 10.1. The molecule has 154 valence electrons. The monoisotopic (exact) mass is 408 g/mol. The van der Waals surface area contributed by atoms with E-state index in [4.69, 9.17) is 15.2 Å². The fourth-order valence-corrected chi connectivity index (χ4v) is 3.42. The molecule has 0 bridgehead atoms. The van der Waals surface area contributed by atoms with Gasteiger partial charge in [-0.05, 0) is 56.1 Å². The highest BCUT2D eigenvalue weighted by atomic mass is 15.2. The summed E-state index contributed by atoms with van der Waals surface area (Å²) in [6.45, 7) is 2.39. The molecule has 0 saturated carbocycles. The molecule has 0 atom stereocenters. The molecule has 4 aromatic rings. The van der Waals surface area contributed by atoms with Crippen LogP contribution in [0.3, 0.4) is 0 Å². The number of aromatic nitrogens is 3. The number of benzene rings is 2. The fourth-order valence-electron chi connectivity index (χ4n) is 3.42. The fraction of sp³-hybridized carbons (Fsp3) is 0.200. The van der Waals surface area contributed by atoms with Crippen molar-refractivity contribution in [2.75, 3.05) is 32.1 Å². The van der Waals surface area contributed by atoms with Gasteiger partial charge in [0.15, 0.2) is 5.82 Å². The summed E-state index contributed by atoms with van der Waals surface area (Å²) in [6, 6.07) is 21.9. The molecule has 0 N–H and O–H groups in total. The quantitative estimate of drug-likeness (QED) is 0.458. The summed E-state index contributed by atoms with van der Waals surface area (Å²) in [5.74, 6) is 1.59. The van der Waals surface area contributed by atoms with Crippen molar-refractivity contribution in [2.24, 2.45) is 0 Å². The minimum Gasteiger partial charge on any atom is -0.350 e. The van der Waals surface area contributed by atoms with Crippen LogP contribution in [0.2, 0.25) is 0 Å². The van der Waals surface area contributed by atoms with Crippen LogP contribution in [0.15, 0.2) is 73.1 Å². The lowest BCUT2D eigenvalue weighted by Gasteiger charge is -2.27. The summed E-state index contributed by atoms with van der Waals surface area (Å²) in [7, 11) is 4.14. The van der Waals surface area contributed by atoms with Gasteiger partial charge in [0.05, 0.1) is 17.1 Å². The van der Waals surface area contributed by atoms with Gasteiger partial charge in [-0.25, -0.2) is 9.97 Å². The largest absolute Gasteiger partial charge is 0.350 e. The zero-order valence-corrected chi connectivity index (χ0v) is 17.7. The Morgan fingerprint density at radius 2 is 1.61 bits per heavy atom. The van der Waals surface area contributed by atoms with Crippen LogP contribution in [0.5, 0.6) is 0 Å². The first-order chi connectivity index (χ1) is 15.1. The Morgan fingerprint density at radius 3 is 2.32 bits per heavy atom. The van der Waals surface area contributed by atoms with Crippen molar-refractivity contribution in [3.05, 3.63) is 84.2 Å². The van der Waals surface area contributed by atoms with Gasteiger partial charge in [-0.1, -0.05) is 24.3 Å². The molecule has 0 radical (unpaired) electrons. The molecule has 2 heterocycles. The highest BCUT2D eigenvalue weighted by molar-refractivity contribution is 5.91. The van der Waals surface area contributed by atoms with Crippen LogP contribution >= 0.6 is 0 Å². The molecule has 31 heavy (non-hydrogen) atoms. The zero-order valence-electron chi connectivity index (χ0n) is 17.7. The number of likely N-dealkylation sites (N-methyl/N-ethyl adjacent to an activating group) is 1. The molecule has 0 unspecified atom stereocenters. The van der Waals surface area contributed by atoms with E-state index in [9.17, 15) is 0 Å². The van der Waals surface area contributed by atoms with Crippen molar-refractivity contribution in [2.45, 2.75) is 6.54 Å². The maximum Gasteiger partial charge on any atom is 0.162 e. The summed E-state index contributed by atoms with van der Waals surface area (Å²) >= 11 is 0. The second kappa shape index (κ2) is 9.33. The Morgan fingerprint density at radius 1 is 0.871 bits per heavy atom. The van der Waals surface area contributed by atoms with Gasteiger partial charge in [0.25, 0.3) is 0 Å². The van der Waals surface area contributed by atoms with Crippen LogP contribution in [0, 0.1) is 11.3 Å². The Bertz CT molecular complexity index is 1200. The Labute approximate surface area is 182 Å². The second-order valence-electron chi connectivity index (χ2n) is 7.66. The smallest absolute Gasteiger partial charge is 0.162 e. The van der Waals surface area contributed by atoms with Crippen LogP contribution in [0.1, 0.15) is 11.1 Å². The van der Waals surface area contributed by atoms with E-state index in [2.05, 4.69) is 41.0 Å². The Balaban J connectivity index is 1.80. The minimum absolute atomic E-state index is 0.663. The molecule has 2 aromatic heterocycles. The van der Waals surface area contributed by atoms with Crippen molar-refractivity contribution in [3.63, 3.8) is 0 Å². The van der Waals surface area contributed by atoms with Crippen molar-refractivity contribution >= 4 is 16.7 Å². The molecule has 0 aliphatic rings. The van der Waals surface area contributed by atoms with E-state index in [0.29, 0.717) is 17.9 Å². The Hall–Kier alpha value is -3.82. The number of rotatable bonds is 7. The number of nitriles is 1. The summed E-state index contributed by atoms with van der Waals surface area (Å²) < 4.78 is 0. The lowest BCUT2D eigenvalue weighted by Crippen LogP contribution is -2.32. The normalized spacial score (nSPS) is 10.9. The molecule has 6 nitrogen and oxygen atoms in total. The van der Waals surface area contributed by atoms with Gasteiger partial charge in [0.2, 0.25) is 0 Å². The van der Waals surface area contributed by atoms with E-state index in [1.807, 2.05) is 54.6 Å². The van der Waals surface area contributed by atoms with Crippen molar-refractivity contribution < 1.29 is 0 Å². The molecule has 0 saturated heterocycles. The van der Waals surface area contributed by atoms with Gasteiger partial charge in [-0.2, -0.15) is 5.26 Å². The van der Waals surface area contributed by atoms with Gasteiger partial charge in [0, 0.05) is 43.0 Å². The molecule has 6 heteroatoms. The maximum atomic E-state index is 9.10. The highest BCUT2D eigenvalue weighted by Gasteiger charge is 2.16. The average Bonchev–Trinajstić information content (AvgIpc) is 2.82. The first-order valence-electron chi connectivity index (χ1n) is 10.2. The van der Waals surface area contributed by atoms with E-state index < -0.39 is 0 Å². The second-order valence-corrected chi connectivity index (χ2v) is 7.66. The molecule has 0 aliphatic heterocycles. The molecule has 4 rings (SSSR count). The summed E-state index contributed by atoms with van der Waals surface area (Å²) in [6.07, 6.45) is 3.52. The van der Waals surface area contributed by atoms with E-state index >= 15 is 0 Å². The van der Waals surface area contributed by atoms with Crippen molar-refractivity contribution in [3.8, 4) is 17.5 Å². The van der Waals surface area contributed by atoms with Crippen molar-refractivity contribution in [1.82, 2.24) is 19.9 Å². The van der Waals surface area contributed by atoms with Crippen LogP contribution in [-0.2, 0) is 6.54 Å². The number of fused-ring (bicyclic) bond motifs is 1. The van der Waals surface area contributed by atoms with Crippen LogP contribution in [0.4, 0.5) is 5.82 Å². The number of hydrogen-bond donors (Lipinski definition) is 0. The third-order valence-corrected chi connectivity index (χ3v) is 5.09. The SMILES string of the molecule is CN(C)CCN(Cc1ccc(C#N)cc1)c1nc(-c2ccncc2)nc2ccccc12. The molecular formula is C25H24N6. The van der Waals surface area contributed by atoms with Gasteiger partial charge >= 0.3 is 0 Å². The summed E-state index contributed by atoms with van der Waals surface area (Å²) in [4.78, 5) is 18.4. The zero-order chi connectivity index (χ0) is 21.6. The predicted octanol–water partition coefficient (Wildman–Crippen LogP) is 4.13. The number of anilines is 1. The van der Waals surface area contributed by atoms with Crippen LogP contribution in [-0.4, -0.2) is 47.0 Å². The number of hydrogen-bond acceptors (Lipinski definition) is 6. The average molecular weight is 409 g/mol. The van der Waals surface area contributed by atoms with E-state index in [1.54, 1.807) is 12.4 Å². The third-order valence-electron chi connectivity index (χ3n) is 5.09. The van der Waals surface area contributed by atoms with E-state index in [1.165, 1.54) is 0 Å². The molecule has 0 spiro atoms. The minimum atomic E-state index is 0.663. The first kappa shape index (κ1) is 20.5. The summed E-state index contributed by atoms with van der Waals surface area (Å²) in [5.41, 5.74) is 3.64. The van der Waals surface area contributed by atoms with Gasteiger partial charge in [-0.3, -0.25) is 4.98 Å². The van der Waals surface area contributed by atoms with Crippen molar-refractivity contribution in [1.29, 1.82) is 5.26 Å². The highest BCUT2D eigenvalue weighted by Crippen LogP contribution is 2.28. The summed E-state index contributed by atoms with van der Waals surface area (Å²) in [5, 5.41) is 10.1. The van der Waals surface area contributed by atoms with E-state index in [0.717, 1.165) is 40.9 Å². The van der Waals surface area contributed by atoms with Crippen LogP contribution < -0.4 is 4.90 Å². The first-order valence-corrected chi connectivity index (χ1v) is 10.2. The topological polar surface area (TPSA) is 68.9 Å². The van der Waals surface area contributed by atoms with Crippen LogP contribution in [0.25, 0.3) is 22.3 Å². The molecular weight excluding hydrogens is 384 g/mol. The standard InChI is InChI=1S/C25H24N6/c1-30(2)15-16-31(18-20-9-7-19(17-26)8-10-20)25-22-5-3-4-6-23(22)28-24(29-25)21-11-13-27-14-12-21/h3-14H,15-16,18H2,1-2H3. The third kappa shape index (κ3) is 4.85. The molecule has 0 amide bonds. The number of nitrogens with zero attached hydrogens (tertiary/aromatic N) is 6. The number of pyridine rings is 1. The van der Waals surface area contributed by atoms with Gasteiger partial charge < -0.3 is 9.80 Å². The maximum absolute atomic E-state index is 9.10. The molecule has 0 fully saturated rings. The van der Waals surface area contributed by atoms with Gasteiger partial charge in [0.1, 0.15) is 5.82 Å². The molecule has 2 aromatic carbocycles. The number of para-hydroxylation sites is 1. The predicted molar refractivity (Wildman–Crippen MR) is 124 cm³/mol. The lowest BCUT2D eigenvalue weighted by molar-refractivity contribution is 0.412.